The Kier molecular flexibility index (Phi) is 6.31. The number of primary amides is 1. The molecule has 0 heterocycles. The zero-order valence-electron chi connectivity index (χ0n) is 8.19. The van der Waals surface area contributed by atoms with Crippen molar-refractivity contribution in [2.75, 3.05) is 6.54 Å². The van der Waals surface area contributed by atoms with Gasteiger partial charge in [0.15, 0.2) is 0 Å². The van der Waals surface area contributed by atoms with Crippen molar-refractivity contribution in [2.45, 2.75) is 31.1 Å². The molecule has 2 amide bonds. The van der Waals surface area contributed by atoms with Crippen LogP contribution in [0.5, 0.6) is 0 Å². The predicted molar refractivity (Wildman–Crippen MR) is 57.9 cm³/mol. The van der Waals surface area contributed by atoms with Crippen molar-refractivity contribution in [1.82, 2.24) is 5.32 Å². The van der Waals surface area contributed by atoms with E-state index in [0.717, 1.165) is 6.42 Å². The Morgan fingerprint density at radius 2 is 2.07 bits per heavy atom. The van der Waals surface area contributed by atoms with Crippen molar-refractivity contribution in [3.8, 4) is 0 Å². The van der Waals surface area contributed by atoms with Crippen molar-refractivity contribution in [2.24, 2.45) is 11.5 Å². The molecule has 0 spiro atoms. The molecule has 0 saturated heterocycles. The summed E-state index contributed by atoms with van der Waals surface area (Å²) >= 11 is 4.20. The van der Waals surface area contributed by atoms with Gasteiger partial charge in [0.1, 0.15) is 6.04 Å². The Labute approximate surface area is 89.0 Å². The Hall–Kier alpha value is -0.750. The molecule has 0 radical (unpaired) electrons. The number of carbonyl (C=O) groups is 2. The molecule has 0 aliphatic carbocycles. The monoisotopic (exact) mass is 219 g/mol. The second kappa shape index (κ2) is 6.67. The second-order valence-corrected chi connectivity index (χ2v) is 3.74. The molecule has 2 unspecified atom stereocenters. The van der Waals surface area contributed by atoms with Crippen LogP contribution in [0.1, 0.15) is 19.8 Å². The predicted octanol–water partition coefficient (Wildman–Crippen LogP) is -0.986. The Morgan fingerprint density at radius 1 is 1.50 bits per heavy atom. The number of hydrogen-bond acceptors (Lipinski definition) is 4. The van der Waals surface area contributed by atoms with Gasteiger partial charge >= 0.3 is 0 Å². The zero-order chi connectivity index (χ0) is 11.1. The molecular formula is C8H17N3O2S. The number of nitrogens with two attached hydrogens (primary N) is 2. The van der Waals surface area contributed by atoms with Gasteiger partial charge < -0.3 is 16.8 Å². The van der Waals surface area contributed by atoms with E-state index in [0.29, 0.717) is 13.0 Å². The minimum absolute atomic E-state index is 0.278. The lowest BCUT2D eigenvalue weighted by Gasteiger charge is -2.20. The number of amides is 2. The first-order chi connectivity index (χ1) is 6.49. The summed E-state index contributed by atoms with van der Waals surface area (Å²) < 4.78 is 0. The van der Waals surface area contributed by atoms with E-state index in [1.165, 1.54) is 6.92 Å². The first-order valence-electron chi connectivity index (χ1n) is 4.43. The van der Waals surface area contributed by atoms with E-state index in [1.807, 2.05) is 0 Å². The number of thiol groups is 1. The van der Waals surface area contributed by atoms with Gasteiger partial charge in [-0.2, -0.15) is 12.6 Å². The fraction of sp³-hybridized carbons (Fsp3) is 0.750. The van der Waals surface area contributed by atoms with Crippen molar-refractivity contribution in [3.63, 3.8) is 0 Å². The maximum absolute atomic E-state index is 11.0. The first kappa shape index (κ1) is 13.2. The lowest BCUT2D eigenvalue weighted by Crippen LogP contribution is -2.49. The van der Waals surface area contributed by atoms with E-state index in [9.17, 15) is 9.59 Å². The average molecular weight is 219 g/mol. The summed E-state index contributed by atoms with van der Waals surface area (Å²) in [5.74, 6) is -0.863. The maximum Gasteiger partial charge on any atom is 0.241 e. The summed E-state index contributed by atoms with van der Waals surface area (Å²) in [7, 11) is 0. The molecule has 0 rings (SSSR count). The largest absolute Gasteiger partial charge is 0.368 e. The molecule has 0 aromatic heterocycles. The van der Waals surface area contributed by atoms with Crippen molar-refractivity contribution in [1.29, 1.82) is 0 Å². The van der Waals surface area contributed by atoms with E-state index in [1.54, 1.807) is 0 Å². The van der Waals surface area contributed by atoms with Crippen molar-refractivity contribution >= 4 is 24.4 Å². The highest BCUT2D eigenvalue weighted by Crippen LogP contribution is 2.09. The van der Waals surface area contributed by atoms with Crippen molar-refractivity contribution in [3.05, 3.63) is 0 Å². The van der Waals surface area contributed by atoms with E-state index < -0.39 is 11.9 Å². The van der Waals surface area contributed by atoms with Gasteiger partial charge in [-0.25, -0.2) is 0 Å². The quantitative estimate of drug-likeness (QED) is 0.432. The normalized spacial score (nSPS) is 14.5. The summed E-state index contributed by atoms with van der Waals surface area (Å²) in [6.07, 6.45) is 1.39. The van der Waals surface area contributed by atoms with Crippen LogP contribution in [-0.2, 0) is 9.59 Å². The van der Waals surface area contributed by atoms with Crippen LogP contribution in [0.25, 0.3) is 0 Å². The average Bonchev–Trinajstić information content (AvgIpc) is 2.09. The van der Waals surface area contributed by atoms with E-state index >= 15 is 0 Å². The Bertz CT molecular complexity index is 211. The fourth-order valence-electron chi connectivity index (χ4n) is 1.07. The standard InChI is InChI=1S/C8H17N3O2S/c1-5(12)11-7(8(10)13)6(14)3-2-4-9/h6-7,14H,2-4,9H2,1H3,(H2,10,13)(H,11,12). The Morgan fingerprint density at radius 3 is 2.43 bits per heavy atom. The van der Waals surface area contributed by atoms with Crippen LogP contribution in [0.15, 0.2) is 0 Å². The molecule has 0 fully saturated rings. The molecule has 0 saturated carbocycles. The third-order valence-corrected chi connectivity index (χ3v) is 2.31. The molecule has 6 heteroatoms. The summed E-state index contributed by atoms with van der Waals surface area (Å²) in [6, 6.07) is -0.720. The molecule has 14 heavy (non-hydrogen) atoms. The van der Waals surface area contributed by atoms with Gasteiger partial charge in [0, 0.05) is 12.2 Å². The summed E-state index contributed by atoms with van der Waals surface area (Å²) in [5, 5.41) is 2.18. The number of hydrogen-bond donors (Lipinski definition) is 4. The molecule has 0 aliphatic heterocycles. The molecule has 82 valence electrons. The number of nitrogens with one attached hydrogen (secondary N) is 1. The summed E-state index contributed by atoms with van der Waals surface area (Å²) in [5.41, 5.74) is 10.4. The third-order valence-electron chi connectivity index (χ3n) is 1.75. The molecular weight excluding hydrogens is 202 g/mol. The summed E-state index contributed by atoms with van der Waals surface area (Å²) in [4.78, 5) is 21.7. The molecule has 0 aliphatic rings. The van der Waals surface area contributed by atoms with Gasteiger partial charge in [-0.3, -0.25) is 9.59 Å². The second-order valence-electron chi connectivity index (χ2n) is 3.08. The minimum atomic E-state index is -0.720. The van der Waals surface area contributed by atoms with E-state index in [2.05, 4.69) is 17.9 Å². The minimum Gasteiger partial charge on any atom is -0.368 e. The van der Waals surface area contributed by atoms with Gasteiger partial charge in [0.2, 0.25) is 11.8 Å². The van der Waals surface area contributed by atoms with Gasteiger partial charge in [0.25, 0.3) is 0 Å². The molecule has 5 nitrogen and oxygen atoms in total. The SMILES string of the molecule is CC(=O)NC(C(N)=O)C(S)CCCN. The molecule has 2 atom stereocenters. The molecule has 5 N–H and O–H groups in total. The molecule has 0 aromatic carbocycles. The van der Waals surface area contributed by atoms with Crippen molar-refractivity contribution < 1.29 is 9.59 Å². The van der Waals surface area contributed by atoms with E-state index in [-0.39, 0.29) is 11.2 Å². The van der Waals surface area contributed by atoms with Crippen LogP contribution >= 0.6 is 12.6 Å². The highest BCUT2D eigenvalue weighted by atomic mass is 32.1. The zero-order valence-corrected chi connectivity index (χ0v) is 9.09. The van der Waals surface area contributed by atoms with Crippen LogP contribution in [0.2, 0.25) is 0 Å². The molecule has 0 aromatic rings. The lowest BCUT2D eigenvalue weighted by atomic mass is 10.1. The highest BCUT2D eigenvalue weighted by Gasteiger charge is 2.23. The van der Waals surface area contributed by atoms with Crippen LogP contribution in [0.3, 0.4) is 0 Å². The van der Waals surface area contributed by atoms with Crippen LogP contribution < -0.4 is 16.8 Å². The van der Waals surface area contributed by atoms with Gasteiger partial charge in [0.05, 0.1) is 0 Å². The lowest BCUT2D eigenvalue weighted by molar-refractivity contribution is -0.126. The smallest absolute Gasteiger partial charge is 0.241 e. The van der Waals surface area contributed by atoms with E-state index in [4.69, 9.17) is 11.5 Å². The highest BCUT2D eigenvalue weighted by molar-refractivity contribution is 7.81. The third kappa shape index (κ3) is 5.08. The van der Waals surface area contributed by atoms with Crippen LogP contribution in [0, 0.1) is 0 Å². The number of rotatable bonds is 6. The van der Waals surface area contributed by atoms with Crippen LogP contribution in [-0.4, -0.2) is 29.7 Å². The first-order valence-corrected chi connectivity index (χ1v) is 4.95. The van der Waals surface area contributed by atoms with Gasteiger partial charge in [-0.1, -0.05) is 0 Å². The van der Waals surface area contributed by atoms with Crippen LogP contribution in [0.4, 0.5) is 0 Å². The Balaban J connectivity index is 4.18. The topological polar surface area (TPSA) is 98.2 Å². The van der Waals surface area contributed by atoms with Gasteiger partial charge in [-0.15, -0.1) is 0 Å². The van der Waals surface area contributed by atoms with Gasteiger partial charge in [-0.05, 0) is 19.4 Å². The maximum atomic E-state index is 11.0. The summed E-state index contributed by atoms with van der Waals surface area (Å²) in [6.45, 7) is 1.86. The number of carbonyl (C=O) groups excluding carboxylic acids is 2. The fourth-order valence-corrected chi connectivity index (χ4v) is 1.47. The molecule has 0 bridgehead atoms.